The zero-order valence-corrected chi connectivity index (χ0v) is 12.7. The number of carboxylic acids is 1. The average molecular weight is 328 g/mol. The highest BCUT2D eigenvalue weighted by Crippen LogP contribution is 2.29. The first kappa shape index (κ1) is 16.2. The number of carbonyl (C=O) groups is 2. The molecule has 1 unspecified atom stereocenters. The summed E-state index contributed by atoms with van der Waals surface area (Å²) >= 11 is 0. The van der Waals surface area contributed by atoms with Crippen LogP contribution in [0.25, 0.3) is 0 Å². The Labute approximate surface area is 127 Å². The molecule has 1 aliphatic heterocycles. The molecule has 1 saturated heterocycles. The van der Waals surface area contributed by atoms with E-state index < -0.39 is 27.9 Å². The maximum atomic E-state index is 12.6. The number of primary amides is 1. The fourth-order valence-electron chi connectivity index (χ4n) is 2.45. The van der Waals surface area contributed by atoms with E-state index in [-0.39, 0.29) is 29.2 Å². The second-order valence-electron chi connectivity index (χ2n) is 4.84. The van der Waals surface area contributed by atoms with Crippen molar-refractivity contribution in [1.82, 2.24) is 4.31 Å². The molecule has 1 atom stereocenters. The van der Waals surface area contributed by atoms with Crippen molar-refractivity contribution in [2.45, 2.75) is 23.8 Å². The predicted octanol–water partition coefficient (Wildman–Crippen LogP) is 0.0318. The Morgan fingerprint density at radius 1 is 1.41 bits per heavy atom. The Morgan fingerprint density at radius 3 is 2.64 bits per heavy atom. The van der Waals surface area contributed by atoms with Crippen molar-refractivity contribution < 1.29 is 27.9 Å². The first-order valence-electron chi connectivity index (χ1n) is 6.51. The van der Waals surface area contributed by atoms with Gasteiger partial charge in [-0.15, -0.1) is 0 Å². The molecule has 1 fully saturated rings. The van der Waals surface area contributed by atoms with Gasteiger partial charge in [-0.05, 0) is 31.0 Å². The quantitative estimate of drug-likeness (QED) is 0.785. The zero-order chi connectivity index (χ0) is 16.5. The number of aliphatic carboxylic acids is 1. The van der Waals surface area contributed by atoms with Gasteiger partial charge < -0.3 is 15.6 Å². The number of rotatable bonds is 5. The van der Waals surface area contributed by atoms with E-state index in [1.54, 1.807) is 0 Å². The van der Waals surface area contributed by atoms with E-state index in [9.17, 15) is 18.0 Å². The number of nitrogens with zero attached hydrogens (tertiary/aromatic N) is 1. The number of ether oxygens (including phenoxy) is 1. The Kier molecular flexibility index (Phi) is 4.38. The maximum absolute atomic E-state index is 12.6. The minimum absolute atomic E-state index is 0.0744. The molecule has 22 heavy (non-hydrogen) atoms. The van der Waals surface area contributed by atoms with E-state index in [4.69, 9.17) is 15.6 Å². The van der Waals surface area contributed by atoms with Gasteiger partial charge in [0.05, 0.1) is 17.6 Å². The van der Waals surface area contributed by atoms with Gasteiger partial charge in [0.2, 0.25) is 10.0 Å². The molecule has 0 bridgehead atoms. The van der Waals surface area contributed by atoms with Crippen LogP contribution >= 0.6 is 0 Å². The normalized spacial score (nSPS) is 19.0. The van der Waals surface area contributed by atoms with Crippen molar-refractivity contribution in [2.75, 3.05) is 13.7 Å². The van der Waals surface area contributed by atoms with Crippen LogP contribution in [0.2, 0.25) is 0 Å². The third kappa shape index (κ3) is 2.77. The van der Waals surface area contributed by atoms with Crippen LogP contribution < -0.4 is 10.5 Å². The van der Waals surface area contributed by atoms with E-state index in [0.29, 0.717) is 6.42 Å². The summed E-state index contributed by atoms with van der Waals surface area (Å²) in [5, 5.41) is 9.12. The van der Waals surface area contributed by atoms with Gasteiger partial charge in [0.1, 0.15) is 11.8 Å². The largest absolute Gasteiger partial charge is 0.496 e. The Bertz CT molecular complexity index is 715. The van der Waals surface area contributed by atoms with Crippen LogP contribution in [0, 0.1) is 0 Å². The number of methoxy groups -OCH3 is 1. The van der Waals surface area contributed by atoms with Crippen LogP contribution in [0.4, 0.5) is 0 Å². The molecule has 1 heterocycles. The smallest absolute Gasteiger partial charge is 0.322 e. The molecule has 0 aromatic heterocycles. The number of carboxylic acid groups (broad SMARTS) is 1. The van der Waals surface area contributed by atoms with Gasteiger partial charge in [0.25, 0.3) is 5.91 Å². The molecule has 120 valence electrons. The van der Waals surface area contributed by atoms with Crippen LogP contribution in [0.1, 0.15) is 23.2 Å². The minimum Gasteiger partial charge on any atom is -0.496 e. The molecule has 2 rings (SSSR count). The SMILES string of the molecule is COc1ccc(S(=O)(=O)N2CCCC2C(=O)O)cc1C(N)=O. The van der Waals surface area contributed by atoms with Crippen molar-refractivity contribution in [3.8, 4) is 5.75 Å². The highest BCUT2D eigenvalue weighted by atomic mass is 32.2. The zero-order valence-electron chi connectivity index (χ0n) is 11.9. The number of hydrogen-bond donors (Lipinski definition) is 2. The van der Waals surface area contributed by atoms with Gasteiger partial charge in [-0.25, -0.2) is 8.42 Å². The molecular weight excluding hydrogens is 312 g/mol. The molecule has 0 radical (unpaired) electrons. The fraction of sp³-hybridized carbons (Fsp3) is 0.385. The second-order valence-corrected chi connectivity index (χ2v) is 6.73. The topological polar surface area (TPSA) is 127 Å². The number of amides is 1. The monoisotopic (exact) mass is 328 g/mol. The maximum Gasteiger partial charge on any atom is 0.322 e. The summed E-state index contributed by atoms with van der Waals surface area (Å²) in [5.41, 5.74) is 5.14. The number of nitrogens with two attached hydrogens (primary N) is 1. The lowest BCUT2D eigenvalue weighted by Gasteiger charge is -2.21. The summed E-state index contributed by atoms with van der Waals surface area (Å²) in [6.07, 6.45) is 0.725. The Balaban J connectivity index is 2.48. The van der Waals surface area contributed by atoms with E-state index in [0.717, 1.165) is 10.4 Å². The summed E-state index contributed by atoms with van der Waals surface area (Å²) < 4.78 is 31.1. The number of benzene rings is 1. The van der Waals surface area contributed by atoms with Crippen LogP contribution in [-0.2, 0) is 14.8 Å². The highest BCUT2D eigenvalue weighted by Gasteiger charge is 2.39. The first-order valence-corrected chi connectivity index (χ1v) is 7.95. The lowest BCUT2D eigenvalue weighted by atomic mass is 10.2. The standard InChI is InChI=1S/C13H16N2O6S/c1-21-11-5-4-8(7-9(11)12(14)16)22(19,20)15-6-2-3-10(15)13(17)18/h4-5,7,10H,2-3,6H2,1H3,(H2,14,16)(H,17,18). The van der Waals surface area contributed by atoms with Gasteiger partial charge in [0, 0.05) is 6.54 Å². The predicted molar refractivity (Wildman–Crippen MR) is 76.1 cm³/mol. The van der Waals surface area contributed by atoms with Gasteiger partial charge in [-0.1, -0.05) is 0 Å². The van der Waals surface area contributed by atoms with E-state index in [1.165, 1.54) is 19.2 Å². The molecule has 1 aliphatic rings. The molecular formula is C13H16N2O6S. The molecule has 1 aromatic carbocycles. The van der Waals surface area contributed by atoms with E-state index in [2.05, 4.69) is 0 Å². The highest BCUT2D eigenvalue weighted by molar-refractivity contribution is 7.89. The fourth-order valence-corrected chi connectivity index (χ4v) is 4.13. The Hall–Kier alpha value is -2.13. The molecule has 0 aliphatic carbocycles. The van der Waals surface area contributed by atoms with Gasteiger partial charge in [0.15, 0.2) is 0 Å². The number of sulfonamides is 1. The van der Waals surface area contributed by atoms with Gasteiger partial charge in [-0.3, -0.25) is 9.59 Å². The van der Waals surface area contributed by atoms with Crippen LogP contribution in [0.15, 0.2) is 23.1 Å². The molecule has 0 saturated carbocycles. The lowest BCUT2D eigenvalue weighted by molar-refractivity contribution is -0.140. The van der Waals surface area contributed by atoms with Crippen molar-refractivity contribution in [3.05, 3.63) is 23.8 Å². The molecule has 9 heteroatoms. The van der Waals surface area contributed by atoms with Gasteiger partial charge >= 0.3 is 5.97 Å². The molecule has 3 N–H and O–H groups in total. The average Bonchev–Trinajstić information content (AvgIpc) is 2.96. The Morgan fingerprint density at radius 2 is 2.09 bits per heavy atom. The van der Waals surface area contributed by atoms with E-state index in [1.807, 2.05) is 0 Å². The summed E-state index contributed by atoms with van der Waals surface area (Å²) in [5.74, 6) is -1.86. The lowest BCUT2D eigenvalue weighted by Crippen LogP contribution is -2.40. The van der Waals surface area contributed by atoms with Crippen LogP contribution in [0.5, 0.6) is 5.75 Å². The van der Waals surface area contributed by atoms with Crippen molar-refractivity contribution >= 4 is 21.9 Å². The first-order chi connectivity index (χ1) is 10.3. The van der Waals surface area contributed by atoms with Crippen LogP contribution in [-0.4, -0.2) is 49.4 Å². The van der Waals surface area contributed by atoms with Crippen molar-refractivity contribution in [3.63, 3.8) is 0 Å². The van der Waals surface area contributed by atoms with E-state index >= 15 is 0 Å². The molecule has 1 aromatic rings. The number of hydrogen-bond acceptors (Lipinski definition) is 5. The van der Waals surface area contributed by atoms with Crippen LogP contribution in [0.3, 0.4) is 0 Å². The molecule has 1 amide bonds. The van der Waals surface area contributed by atoms with Crippen molar-refractivity contribution in [1.29, 1.82) is 0 Å². The summed E-state index contributed by atoms with van der Waals surface area (Å²) in [6.45, 7) is 0.122. The number of carbonyl (C=O) groups excluding carboxylic acids is 1. The molecule has 8 nitrogen and oxygen atoms in total. The third-order valence-corrected chi connectivity index (χ3v) is 5.44. The van der Waals surface area contributed by atoms with Crippen molar-refractivity contribution in [2.24, 2.45) is 5.73 Å². The molecule has 0 spiro atoms. The van der Waals surface area contributed by atoms with Gasteiger partial charge in [-0.2, -0.15) is 4.31 Å². The minimum atomic E-state index is -4.02. The second kappa shape index (κ2) is 5.93. The summed E-state index contributed by atoms with van der Waals surface area (Å²) in [7, 11) is -2.69. The summed E-state index contributed by atoms with van der Waals surface area (Å²) in [6, 6.07) is 2.59. The third-order valence-electron chi connectivity index (χ3n) is 3.53. The summed E-state index contributed by atoms with van der Waals surface area (Å²) in [4.78, 5) is 22.4.